The number of hydrogen-bond donors (Lipinski definition) is 1. The van der Waals surface area contributed by atoms with Gasteiger partial charge in [-0.15, -0.1) is 11.8 Å². The van der Waals surface area contributed by atoms with Crippen LogP contribution in [0.4, 0.5) is 0 Å². The Bertz CT molecular complexity index is 979. The van der Waals surface area contributed by atoms with Crippen LogP contribution in [0.5, 0.6) is 5.75 Å². The first-order valence-electron chi connectivity index (χ1n) is 8.77. The first-order valence-corrected chi connectivity index (χ1v) is 11.2. The minimum atomic E-state index is -0.182. The predicted octanol–water partition coefficient (Wildman–Crippen LogP) is 5.77. The van der Waals surface area contributed by atoms with Crippen molar-refractivity contribution in [1.82, 2.24) is 5.43 Å². The van der Waals surface area contributed by atoms with Crippen LogP contribution in [0, 0.1) is 3.57 Å². The summed E-state index contributed by atoms with van der Waals surface area (Å²) in [5, 5.41) is 4.73. The lowest BCUT2D eigenvalue weighted by Crippen LogP contribution is -2.19. The minimum Gasteiger partial charge on any atom is -0.488 e. The normalized spacial score (nSPS) is 10.8. The molecule has 0 atom stereocenters. The Morgan fingerprint density at radius 1 is 1.07 bits per heavy atom. The van der Waals surface area contributed by atoms with Gasteiger partial charge in [-0.2, -0.15) is 5.10 Å². The number of para-hydroxylation sites is 1. The highest BCUT2D eigenvalue weighted by Crippen LogP contribution is 2.20. The molecule has 0 spiro atoms. The quantitative estimate of drug-likeness (QED) is 0.172. The van der Waals surface area contributed by atoms with Crippen molar-refractivity contribution < 1.29 is 9.53 Å². The zero-order chi connectivity index (χ0) is 20.5. The van der Waals surface area contributed by atoms with E-state index in [1.807, 2.05) is 60.7 Å². The van der Waals surface area contributed by atoms with Crippen molar-refractivity contribution in [1.29, 1.82) is 0 Å². The average molecular weight is 537 g/mol. The molecule has 148 valence electrons. The number of hydrazone groups is 1. The summed E-state index contributed by atoms with van der Waals surface area (Å²) < 4.78 is 7.10. The molecule has 4 nitrogen and oxygen atoms in total. The number of carbonyl (C=O) groups excluding carboxylic acids is 1. The van der Waals surface area contributed by atoms with Crippen molar-refractivity contribution in [2.24, 2.45) is 5.10 Å². The lowest BCUT2D eigenvalue weighted by molar-refractivity contribution is -0.118. The van der Waals surface area contributed by atoms with Crippen molar-refractivity contribution in [3.63, 3.8) is 0 Å². The van der Waals surface area contributed by atoms with Crippen LogP contribution in [0.25, 0.3) is 0 Å². The number of ether oxygens (including phenoxy) is 1. The van der Waals surface area contributed by atoms with E-state index in [-0.39, 0.29) is 11.7 Å². The molecule has 0 saturated carbocycles. The van der Waals surface area contributed by atoms with Gasteiger partial charge in [0, 0.05) is 19.1 Å². The number of carbonyl (C=O) groups is 1. The maximum Gasteiger partial charge on any atom is 0.250 e. The third kappa shape index (κ3) is 7.38. The summed E-state index contributed by atoms with van der Waals surface area (Å²) in [4.78, 5) is 13.0. The molecular formula is C22H18ClIN2O2S. The zero-order valence-corrected chi connectivity index (χ0v) is 19.1. The standard InChI is InChI=1S/C22H18ClIN2O2S/c23-18-7-11-20(12-8-18)29-15-22(27)26-25-13-17-3-1-2-4-21(17)28-14-16-5-9-19(24)10-6-16/h1-13H,14-15H2,(H,26,27)/b25-13-. The molecule has 0 radical (unpaired) electrons. The number of nitrogens with one attached hydrogen (secondary N) is 1. The van der Waals surface area contributed by atoms with E-state index >= 15 is 0 Å². The topological polar surface area (TPSA) is 50.7 Å². The number of nitrogens with zero attached hydrogens (tertiary/aromatic N) is 1. The summed E-state index contributed by atoms with van der Waals surface area (Å²) in [5.74, 6) is 0.794. The SMILES string of the molecule is O=C(CSc1ccc(Cl)cc1)N/N=C\c1ccccc1OCc1ccc(I)cc1. The zero-order valence-electron chi connectivity index (χ0n) is 15.3. The fourth-order valence-corrected chi connectivity index (χ4v) is 3.52. The van der Waals surface area contributed by atoms with Gasteiger partial charge in [-0.05, 0) is 76.7 Å². The third-order valence-electron chi connectivity index (χ3n) is 3.80. The molecule has 1 N–H and O–H groups in total. The average Bonchev–Trinajstić information content (AvgIpc) is 2.74. The number of rotatable bonds is 8. The van der Waals surface area contributed by atoms with Crippen LogP contribution < -0.4 is 10.2 Å². The maximum atomic E-state index is 12.0. The fourth-order valence-electron chi connectivity index (χ4n) is 2.35. The van der Waals surface area contributed by atoms with Gasteiger partial charge >= 0.3 is 0 Å². The summed E-state index contributed by atoms with van der Waals surface area (Å²) in [6.45, 7) is 0.464. The van der Waals surface area contributed by atoms with Crippen LogP contribution in [-0.4, -0.2) is 17.9 Å². The predicted molar refractivity (Wildman–Crippen MR) is 128 cm³/mol. The van der Waals surface area contributed by atoms with Crippen LogP contribution >= 0.6 is 46.0 Å². The largest absolute Gasteiger partial charge is 0.488 e. The van der Waals surface area contributed by atoms with Crippen LogP contribution in [0.1, 0.15) is 11.1 Å². The van der Waals surface area contributed by atoms with Crippen molar-refractivity contribution in [3.8, 4) is 5.75 Å². The van der Waals surface area contributed by atoms with Crippen molar-refractivity contribution >= 4 is 58.1 Å². The van der Waals surface area contributed by atoms with Crippen LogP contribution in [0.2, 0.25) is 5.02 Å². The Kier molecular flexibility index (Phi) is 8.39. The molecule has 1 amide bonds. The second-order valence-electron chi connectivity index (χ2n) is 5.99. The summed E-state index contributed by atoms with van der Waals surface area (Å²) in [5.41, 5.74) is 4.43. The third-order valence-corrected chi connectivity index (χ3v) is 5.79. The van der Waals surface area contributed by atoms with Crippen molar-refractivity contribution in [3.05, 3.63) is 92.5 Å². The first kappa shape index (κ1) is 21.7. The van der Waals surface area contributed by atoms with Gasteiger partial charge in [-0.1, -0.05) is 35.9 Å². The van der Waals surface area contributed by atoms with Crippen LogP contribution in [0.15, 0.2) is 82.8 Å². The highest BCUT2D eigenvalue weighted by atomic mass is 127. The van der Waals surface area contributed by atoms with E-state index in [4.69, 9.17) is 16.3 Å². The van der Waals surface area contributed by atoms with Gasteiger partial charge in [0.2, 0.25) is 5.91 Å². The van der Waals surface area contributed by atoms with E-state index in [1.54, 1.807) is 18.3 Å². The smallest absolute Gasteiger partial charge is 0.250 e. The molecule has 29 heavy (non-hydrogen) atoms. The minimum absolute atomic E-state index is 0.182. The Labute approximate surface area is 192 Å². The Hall–Kier alpha value is -2.03. The van der Waals surface area contributed by atoms with E-state index < -0.39 is 0 Å². The molecule has 3 aromatic rings. The Morgan fingerprint density at radius 3 is 2.55 bits per heavy atom. The highest BCUT2D eigenvalue weighted by molar-refractivity contribution is 14.1. The van der Waals surface area contributed by atoms with Gasteiger partial charge < -0.3 is 4.74 Å². The fraction of sp³-hybridized carbons (Fsp3) is 0.0909. The molecule has 0 unspecified atom stereocenters. The first-order chi connectivity index (χ1) is 14.1. The lowest BCUT2D eigenvalue weighted by atomic mass is 10.2. The Balaban J connectivity index is 1.51. The molecule has 0 bridgehead atoms. The second kappa shape index (κ2) is 11.2. The van der Waals surface area contributed by atoms with Crippen LogP contribution in [0.3, 0.4) is 0 Å². The van der Waals surface area contributed by atoms with Gasteiger partial charge in [-0.25, -0.2) is 5.43 Å². The van der Waals surface area contributed by atoms with Gasteiger partial charge in [-0.3, -0.25) is 4.79 Å². The number of benzene rings is 3. The molecular weight excluding hydrogens is 519 g/mol. The molecule has 3 rings (SSSR count). The molecule has 0 fully saturated rings. The van der Waals surface area contributed by atoms with Gasteiger partial charge in [0.15, 0.2) is 0 Å². The molecule has 7 heteroatoms. The summed E-state index contributed by atoms with van der Waals surface area (Å²) in [6, 6.07) is 23.1. The van der Waals surface area contributed by atoms with Gasteiger partial charge in [0.25, 0.3) is 0 Å². The van der Waals surface area contributed by atoms with Crippen LogP contribution in [-0.2, 0) is 11.4 Å². The highest BCUT2D eigenvalue weighted by Gasteiger charge is 2.04. The van der Waals surface area contributed by atoms with Crippen molar-refractivity contribution in [2.75, 3.05) is 5.75 Å². The molecule has 0 aliphatic heterocycles. The molecule has 0 aliphatic carbocycles. The number of thioether (sulfide) groups is 1. The summed E-state index contributed by atoms with van der Waals surface area (Å²) in [6.07, 6.45) is 1.59. The maximum absolute atomic E-state index is 12.0. The van der Waals surface area contributed by atoms with E-state index in [0.717, 1.165) is 16.0 Å². The summed E-state index contributed by atoms with van der Waals surface area (Å²) in [7, 11) is 0. The number of amides is 1. The van der Waals surface area contributed by atoms with E-state index in [0.29, 0.717) is 17.4 Å². The van der Waals surface area contributed by atoms with Gasteiger partial charge in [0.05, 0.1) is 12.0 Å². The molecule has 0 aliphatic rings. The van der Waals surface area contributed by atoms with Gasteiger partial charge in [0.1, 0.15) is 12.4 Å². The molecule has 3 aromatic carbocycles. The van der Waals surface area contributed by atoms with E-state index in [1.165, 1.54) is 15.3 Å². The number of halogens is 2. The monoisotopic (exact) mass is 536 g/mol. The number of hydrogen-bond acceptors (Lipinski definition) is 4. The lowest BCUT2D eigenvalue weighted by Gasteiger charge is -2.09. The Morgan fingerprint density at radius 2 is 1.79 bits per heavy atom. The van der Waals surface area contributed by atoms with Crippen molar-refractivity contribution in [2.45, 2.75) is 11.5 Å². The summed E-state index contributed by atoms with van der Waals surface area (Å²) >= 11 is 9.56. The second-order valence-corrected chi connectivity index (χ2v) is 8.72. The van der Waals surface area contributed by atoms with E-state index in [9.17, 15) is 4.79 Å². The molecule has 0 aromatic heterocycles. The van der Waals surface area contributed by atoms with E-state index in [2.05, 4.69) is 33.1 Å². The molecule has 0 saturated heterocycles. The molecule has 0 heterocycles.